The number of benzene rings is 3. The molecule has 0 aliphatic carbocycles. The van der Waals surface area contributed by atoms with Gasteiger partial charge in [0.1, 0.15) is 0 Å². The zero-order chi connectivity index (χ0) is 32.8. The lowest BCUT2D eigenvalue weighted by Crippen LogP contribution is -2.39. The lowest BCUT2D eigenvalue weighted by Gasteiger charge is -2.33. The minimum atomic E-state index is -0.0955. The number of likely N-dealkylation sites (tertiary alicyclic amines) is 1. The van der Waals surface area contributed by atoms with E-state index in [0.717, 1.165) is 87.6 Å². The predicted octanol–water partition coefficient (Wildman–Crippen LogP) is 4.96. The van der Waals surface area contributed by atoms with Crippen molar-refractivity contribution >= 4 is 22.9 Å². The Morgan fingerprint density at radius 3 is 2.48 bits per heavy atom. The second kappa shape index (κ2) is 15.9. The Morgan fingerprint density at radius 1 is 0.917 bits per heavy atom. The van der Waals surface area contributed by atoms with Crippen molar-refractivity contribution in [2.24, 2.45) is 0 Å². The zero-order valence-corrected chi connectivity index (χ0v) is 28.9. The van der Waals surface area contributed by atoms with E-state index in [1.165, 1.54) is 5.56 Å². The Kier molecular flexibility index (Phi) is 11.6. The standard InChI is InChI=1S/C38H49N5O4.H2O/c1-5-47-25-24-43-33-15-10-9-14-32(33)39-37(43)41-19-11-18-40(22-23-41)20-16-38(31-12-7-6-8-13-31)17-21-42(28-38)36(44)30-26-29(2)35(46-4)34(27-30)45-3;/h6-10,12-15,26-27H,5,11,16-25,28H2,1-4H3;1H2. The lowest BCUT2D eigenvalue weighted by molar-refractivity contribution is 0.0780. The summed E-state index contributed by atoms with van der Waals surface area (Å²) in [5, 5.41) is 0. The molecule has 1 unspecified atom stereocenters. The number of rotatable bonds is 12. The van der Waals surface area contributed by atoms with Crippen LogP contribution in [0.5, 0.6) is 11.5 Å². The quantitative estimate of drug-likeness (QED) is 0.199. The van der Waals surface area contributed by atoms with Crippen LogP contribution >= 0.6 is 0 Å². The van der Waals surface area contributed by atoms with Crippen molar-refractivity contribution in [3.05, 3.63) is 83.4 Å². The van der Waals surface area contributed by atoms with Crippen LogP contribution in [0.15, 0.2) is 66.7 Å². The van der Waals surface area contributed by atoms with Gasteiger partial charge in [0, 0.05) is 56.9 Å². The average Bonchev–Trinajstić information content (AvgIpc) is 3.62. The van der Waals surface area contributed by atoms with Crippen LogP contribution < -0.4 is 14.4 Å². The third-order valence-corrected chi connectivity index (χ3v) is 10.0. The van der Waals surface area contributed by atoms with Gasteiger partial charge >= 0.3 is 0 Å². The number of fused-ring (bicyclic) bond motifs is 1. The minimum absolute atomic E-state index is 0. The number of aryl methyl sites for hydroxylation is 1. The highest BCUT2D eigenvalue weighted by Crippen LogP contribution is 2.40. The maximum absolute atomic E-state index is 13.9. The third kappa shape index (κ3) is 7.31. The summed E-state index contributed by atoms with van der Waals surface area (Å²) in [5.74, 6) is 2.35. The molecule has 2 aliphatic heterocycles. The molecule has 1 amide bonds. The molecule has 10 nitrogen and oxygen atoms in total. The monoisotopic (exact) mass is 657 g/mol. The van der Waals surface area contributed by atoms with E-state index in [9.17, 15) is 4.79 Å². The molecule has 2 N–H and O–H groups in total. The van der Waals surface area contributed by atoms with E-state index in [-0.39, 0.29) is 16.8 Å². The van der Waals surface area contributed by atoms with Gasteiger partial charge in [0.25, 0.3) is 5.91 Å². The summed E-state index contributed by atoms with van der Waals surface area (Å²) in [5.41, 5.74) is 4.96. The van der Waals surface area contributed by atoms with Gasteiger partial charge in [-0.05, 0) is 81.6 Å². The van der Waals surface area contributed by atoms with Crippen LogP contribution in [0.1, 0.15) is 47.7 Å². The number of carbonyl (C=O) groups excluding carboxylic acids is 1. The maximum Gasteiger partial charge on any atom is 0.254 e. The molecule has 6 rings (SSSR count). The number of anilines is 1. The number of imidazole rings is 1. The summed E-state index contributed by atoms with van der Waals surface area (Å²) in [6.45, 7) is 12.5. The molecule has 258 valence electrons. The van der Waals surface area contributed by atoms with Crippen LogP contribution in [0, 0.1) is 6.92 Å². The van der Waals surface area contributed by atoms with Gasteiger partial charge in [0.2, 0.25) is 5.95 Å². The zero-order valence-electron chi connectivity index (χ0n) is 28.9. The van der Waals surface area contributed by atoms with Crippen LogP contribution in [-0.4, -0.2) is 104 Å². The fourth-order valence-electron chi connectivity index (χ4n) is 7.47. The molecular formula is C38H51N5O5. The molecule has 2 aliphatic rings. The van der Waals surface area contributed by atoms with Crippen LogP contribution in [-0.2, 0) is 16.7 Å². The lowest BCUT2D eigenvalue weighted by atomic mass is 9.76. The fraction of sp³-hybridized carbons (Fsp3) is 0.474. The molecule has 0 bridgehead atoms. The van der Waals surface area contributed by atoms with E-state index in [1.807, 2.05) is 30.9 Å². The number of aromatic nitrogens is 2. The summed E-state index contributed by atoms with van der Waals surface area (Å²) in [6, 6.07) is 22.9. The van der Waals surface area contributed by atoms with Crippen LogP contribution in [0.2, 0.25) is 0 Å². The first-order chi connectivity index (χ1) is 23.0. The van der Waals surface area contributed by atoms with Crippen molar-refractivity contribution in [1.29, 1.82) is 0 Å². The number of hydrogen-bond acceptors (Lipinski definition) is 7. The van der Waals surface area contributed by atoms with Gasteiger partial charge in [-0.2, -0.15) is 0 Å². The van der Waals surface area contributed by atoms with E-state index in [4.69, 9.17) is 19.2 Å². The first kappa shape index (κ1) is 35.2. The van der Waals surface area contributed by atoms with Gasteiger partial charge in [-0.25, -0.2) is 4.98 Å². The largest absolute Gasteiger partial charge is 0.493 e. The first-order valence-corrected chi connectivity index (χ1v) is 17.0. The number of hydrogen-bond donors (Lipinski definition) is 0. The van der Waals surface area contributed by atoms with Crippen LogP contribution in [0.4, 0.5) is 5.95 Å². The molecule has 10 heteroatoms. The number of ether oxygens (including phenoxy) is 3. The second-order valence-corrected chi connectivity index (χ2v) is 12.8. The van der Waals surface area contributed by atoms with Gasteiger partial charge in [-0.15, -0.1) is 0 Å². The fourth-order valence-corrected chi connectivity index (χ4v) is 7.47. The molecule has 1 aromatic heterocycles. The van der Waals surface area contributed by atoms with Crippen molar-refractivity contribution in [2.45, 2.75) is 45.1 Å². The Morgan fingerprint density at radius 2 is 1.71 bits per heavy atom. The topological polar surface area (TPSA) is 104 Å². The van der Waals surface area contributed by atoms with Crippen LogP contribution in [0.25, 0.3) is 11.0 Å². The molecule has 2 saturated heterocycles. The highest BCUT2D eigenvalue weighted by atomic mass is 16.5. The van der Waals surface area contributed by atoms with E-state index < -0.39 is 0 Å². The van der Waals surface area contributed by atoms with Gasteiger partial charge in [-0.1, -0.05) is 42.5 Å². The SMILES string of the molecule is CCOCCn1c(N2CCCN(CCC3(c4ccccc4)CCN(C(=O)c4cc(C)c(OC)c(OC)c4)C3)CC2)nc2ccccc21.O. The number of amides is 1. The molecule has 0 spiro atoms. The summed E-state index contributed by atoms with van der Waals surface area (Å²) in [4.78, 5) is 26.1. The van der Waals surface area contributed by atoms with E-state index in [0.29, 0.717) is 36.8 Å². The number of nitrogens with zero attached hydrogens (tertiary/aromatic N) is 5. The molecule has 3 heterocycles. The molecule has 48 heavy (non-hydrogen) atoms. The highest BCUT2D eigenvalue weighted by molar-refractivity contribution is 5.95. The van der Waals surface area contributed by atoms with E-state index >= 15 is 0 Å². The third-order valence-electron chi connectivity index (χ3n) is 10.0. The van der Waals surface area contributed by atoms with Gasteiger partial charge in [-0.3, -0.25) is 4.79 Å². The Hall–Kier alpha value is -4.12. The number of carbonyl (C=O) groups is 1. The van der Waals surface area contributed by atoms with Crippen molar-refractivity contribution in [2.75, 3.05) is 78.1 Å². The molecule has 0 saturated carbocycles. The van der Waals surface area contributed by atoms with Gasteiger partial charge in [0.15, 0.2) is 11.5 Å². The second-order valence-electron chi connectivity index (χ2n) is 12.8. The summed E-state index contributed by atoms with van der Waals surface area (Å²) >= 11 is 0. The molecule has 0 radical (unpaired) electrons. The number of para-hydroxylation sites is 2. The Balaban J connectivity index is 0.00000451. The van der Waals surface area contributed by atoms with Gasteiger partial charge < -0.3 is 39.0 Å². The Bertz CT molecular complexity index is 1660. The van der Waals surface area contributed by atoms with Crippen LogP contribution in [0.3, 0.4) is 0 Å². The molecular weight excluding hydrogens is 606 g/mol. The summed E-state index contributed by atoms with van der Waals surface area (Å²) in [6.07, 6.45) is 3.02. The van der Waals surface area contributed by atoms with E-state index in [2.05, 4.69) is 69.0 Å². The predicted molar refractivity (Wildman–Crippen MR) is 191 cm³/mol. The van der Waals surface area contributed by atoms with E-state index in [1.54, 1.807) is 14.2 Å². The molecule has 4 aromatic rings. The summed E-state index contributed by atoms with van der Waals surface area (Å²) < 4.78 is 19.1. The van der Waals surface area contributed by atoms with Crippen molar-refractivity contribution in [1.82, 2.24) is 19.4 Å². The number of methoxy groups -OCH3 is 2. The normalized spacial score (nSPS) is 18.5. The smallest absolute Gasteiger partial charge is 0.254 e. The van der Waals surface area contributed by atoms with Crippen molar-refractivity contribution in [3.63, 3.8) is 0 Å². The van der Waals surface area contributed by atoms with Crippen molar-refractivity contribution in [3.8, 4) is 11.5 Å². The maximum atomic E-state index is 13.9. The molecule has 3 aromatic carbocycles. The first-order valence-electron chi connectivity index (χ1n) is 17.0. The van der Waals surface area contributed by atoms with Gasteiger partial charge in [0.05, 0.1) is 31.9 Å². The van der Waals surface area contributed by atoms with Crippen molar-refractivity contribution < 1.29 is 24.5 Å². The highest BCUT2D eigenvalue weighted by Gasteiger charge is 2.41. The average molecular weight is 658 g/mol. The minimum Gasteiger partial charge on any atom is -0.493 e. The Labute approximate surface area is 284 Å². The summed E-state index contributed by atoms with van der Waals surface area (Å²) in [7, 11) is 3.24. The molecule has 2 fully saturated rings. The molecule has 1 atom stereocenters.